The summed E-state index contributed by atoms with van der Waals surface area (Å²) in [5, 5.41) is 9.79. The molecule has 0 aliphatic carbocycles. The summed E-state index contributed by atoms with van der Waals surface area (Å²) in [7, 11) is 0. The van der Waals surface area contributed by atoms with Gasteiger partial charge in [-0.25, -0.2) is 0 Å². The van der Waals surface area contributed by atoms with Crippen molar-refractivity contribution in [2.45, 2.75) is 19.4 Å². The fraction of sp³-hybridized carbons (Fsp3) is 0.158. The molecule has 0 unspecified atom stereocenters. The van der Waals surface area contributed by atoms with Crippen LogP contribution in [0.2, 0.25) is 0 Å². The number of para-hydroxylation sites is 1. The van der Waals surface area contributed by atoms with E-state index in [-0.39, 0.29) is 6.42 Å². The Morgan fingerprint density at radius 2 is 1.83 bits per heavy atom. The molecule has 0 aliphatic rings. The van der Waals surface area contributed by atoms with E-state index in [9.17, 15) is 4.79 Å². The Kier molecular flexibility index (Phi) is 4.52. The number of benzene rings is 2. The Bertz CT molecular complexity index is 807. The Hall–Kier alpha value is -2.88. The molecule has 4 nitrogen and oxygen atoms in total. The van der Waals surface area contributed by atoms with Crippen molar-refractivity contribution >= 4 is 16.9 Å². The first-order valence-corrected chi connectivity index (χ1v) is 7.48. The van der Waals surface area contributed by atoms with Gasteiger partial charge in [0.05, 0.1) is 5.52 Å². The first-order chi connectivity index (χ1) is 11.2. The van der Waals surface area contributed by atoms with Crippen molar-refractivity contribution < 1.29 is 14.6 Å². The van der Waals surface area contributed by atoms with Gasteiger partial charge in [-0.3, -0.25) is 9.78 Å². The van der Waals surface area contributed by atoms with Crippen molar-refractivity contribution in [1.82, 2.24) is 4.98 Å². The number of carboxylic acids is 1. The Labute approximate surface area is 134 Å². The van der Waals surface area contributed by atoms with Gasteiger partial charge >= 0.3 is 5.97 Å². The molecule has 3 aromatic rings. The number of aliphatic carboxylic acids is 1. The fourth-order valence-corrected chi connectivity index (χ4v) is 2.45. The van der Waals surface area contributed by atoms with Crippen LogP contribution < -0.4 is 4.74 Å². The molecule has 0 saturated heterocycles. The van der Waals surface area contributed by atoms with Gasteiger partial charge in [0.25, 0.3) is 0 Å². The van der Waals surface area contributed by atoms with Gasteiger partial charge in [0.15, 0.2) is 0 Å². The third-order valence-electron chi connectivity index (χ3n) is 3.66. The average Bonchev–Trinajstić information content (AvgIpc) is 2.59. The highest BCUT2D eigenvalue weighted by molar-refractivity contribution is 5.81. The number of carbonyl (C=O) groups is 1. The summed E-state index contributed by atoms with van der Waals surface area (Å²) >= 11 is 0. The minimum Gasteiger partial charge on any atom is -0.489 e. The predicted molar refractivity (Wildman–Crippen MR) is 88.5 cm³/mol. The maximum atomic E-state index is 10.6. The molecule has 0 fully saturated rings. The molecule has 0 aliphatic heterocycles. The highest BCUT2D eigenvalue weighted by Crippen LogP contribution is 2.19. The SMILES string of the molecule is O=C(O)CCc1ccc(OCc2cccc3cccnc23)cc1. The van der Waals surface area contributed by atoms with E-state index in [4.69, 9.17) is 9.84 Å². The van der Waals surface area contributed by atoms with Crippen molar-refractivity contribution in [3.05, 3.63) is 71.9 Å². The molecule has 3 rings (SSSR count). The van der Waals surface area contributed by atoms with E-state index in [1.54, 1.807) is 6.20 Å². The van der Waals surface area contributed by atoms with E-state index < -0.39 is 5.97 Å². The van der Waals surface area contributed by atoms with Gasteiger partial charge in [0.2, 0.25) is 0 Å². The number of hydrogen-bond acceptors (Lipinski definition) is 3. The van der Waals surface area contributed by atoms with Crippen LogP contribution in [0.3, 0.4) is 0 Å². The van der Waals surface area contributed by atoms with Gasteiger partial charge in [-0.2, -0.15) is 0 Å². The zero-order chi connectivity index (χ0) is 16.1. The van der Waals surface area contributed by atoms with Gasteiger partial charge in [0, 0.05) is 23.6 Å². The minimum atomic E-state index is -0.784. The monoisotopic (exact) mass is 307 g/mol. The number of pyridine rings is 1. The molecule has 1 aromatic heterocycles. The molecule has 1 heterocycles. The highest BCUT2D eigenvalue weighted by atomic mass is 16.5. The van der Waals surface area contributed by atoms with Gasteiger partial charge in [-0.05, 0) is 30.2 Å². The zero-order valence-electron chi connectivity index (χ0n) is 12.6. The van der Waals surface area contributed by atoms with Crippen molar-refractivity contribution in [3.8, 4) is 5.75 Å². The van der Waals surface area contributed by atoms with Gasteiger partial charge in [-0.15, -0.1) is 0 Å². The quantitative estimate of drug-likeness (QED) is 0.752. The van der Waals surface area contributed by atoms with Crippen molar-refractivity contribution in [1.29, 1.82) is 0 Å². The smallest absolute Gasteiger partial charge is 0.303 e. The number of carboxylic acid groups (broad SMARTS) is 1. The van der Waals surface area contributed by atoms with Crippen LogP contribution in [-0.4, -0.2) is 16.1 Å². The number of fused-ring (bicyclic) bond motifs is 1. The summed E-state index contributed by atoms with van der Waals surface area (Å²) in [4.78, 5) is 15.0. The first-order valence-electron chi connectivity index (χ1n) is 7.48. The molecule has 4 heteroatoms. The first kappa shape index (κ1) is 15.0. The molecule has 0 spiro atoms. The lowest BCUT2D eigenvalue weighted by molar-refractivity contribution is -0.136. The van der Waals surface area contributed by atoms with E-state index in [0.717, 1.165) is 27.8 Å². The maximum Gasteiger partial charge on any atom is 0.303 e. The van der Waals surface area contributed by atoms with E-state index in [1.165, 1.54) is 0 Å². The molecular weight excluding hydrogens is 290 g/mol. The summed E-state index contributed by atoms with van der Waals surface area (Å²) in [5.41, 5.74) is 2.98. The van der Waals surface area contributed by atoms with Crippen LogP contribution in [0.4, 0.5) is 0 Å². The van der Waals surface area contributed by atoms with Crippen LogP contribution in [0, 0.1) is 0 Å². The molecule has 0 atom stereocenters. The Morgan fingerprint density at radius 3 is 2.61 bits per heavy atom. The van der Waals surface area contributed by atoms with Gasteiger partial charge < -0.3 is 9.84 Å². The van der Waals surface area contributed by atoms with Gasteiger partial charge in [-0.1, -0.05) is 36.4 Å². The maximum absolute atomic E-state index is 10.6. The number of aryl methyl sites for hydroxylation is 1. The third-order valence-corrected chi connectivity index (χ3v) is 3.66. The molecule has 1 N–H and O–H groups in total. The van der Waals surface area contributed by atoms with Crippen LogP contribution in [0.1, 0.15) is 17.5 Å². The third kappa shape index (κ3) is 3.86. The molecule has 116 valence electrons. The Morgan fingerprint density at radius 1 is 1.04 bits per heavy atom. The summed E-state index contributed by atoms with van der Waals surface area (Å²) in [5.74, 6) is -0.0224. The number of rotatable bonds is 6. The second kappa shape index (κ2) is 6.92. The molecule has 0 radical (unpaired) electrons. The minimum absolute atomic E-state index is 0.141. The summed E-state index contributed by atoms with van der Waals surface area (Å²) in [6.07, 6.45) is 2.45. The van der Waals surface area contributed by atoms with Crippen LogP contribution in [0.5, 0.6) is 5.75 Å². The predicted octanol–water partition coefficient (Wildman–Crippen LogP) is 3.83. The molecule has 0 bridgehead atoms. The normalized spacial score (nSPS) is 10.6. The van der Waals surface area contributed by atoms with Crippen molar-refractivity contribution in [2.24, 2.45) is 0 Å². The largest absolute Gasteiger partial charge is 0.489 e. The van der Waals surface area contributed by atoms with E-state index in [1.807, 2.05) is 54.6 Å². The van der Waals surface area contributed by atoms with Crippen molar-refractivity contribution in [2.75, 3.05) is 0 Å². The lowest BCUT2D eigenvalue weighted by Crippen LogP contribution is -1.99. The standard InChI is InChI=1S/C19H17NO3/c21-18(22)11-8-14-6-9-17(10-7-14)23-13-16-4-1-3-15-5-2-12-20-19(15)16/h1-7,9-10,12H,8,11,13H2,(H,21,22). The fourth-order valence-electron chi connectivity index (χ4n) is 2.45. The van der Waals surface area contributed by atoms with Crippen LogP contribution in [-0.2, 0) is 17.8 Å². The molecule has 0 amide bonds. The molecular formula is C19H17NO3. The number of aromatic nitrogens is 1. The molecule has 0 saturated carbocycles. The summed E-state index contributed by atoms with van der Waals surface area (Å²) in [6.45, 7) is 0.447. The highest BCUT2D eigenvalue weighted by Gasteiger charge is 2.04. The lowest BCUT2D eigenvalue weighted by Gasteiger charge is -2.09. The summed E-state index contributed by atoms with van der Waals surface area (Å²) < 4.78 is 5.82. The van der Waals surface area contributed by atoms with Crippen LogP contribution >= 0.6 is 0 Å². The van der Waals surface area contributed by atoms with Crippen molar-refractivity contribution in [3.63, 3.8) is 0 Å². The average molecular weight is 307 g/mol. The number of nitrogens with zero attached hydrogens (tertiary/aromatic N) is 1. The number of ether oxygens (including phenoxy) is 1. The second-order valence-electron chi connectivity index (χ2n) is 5.32. The Balaban J connectivity index is 1.67. The van der Waals surface area contributed by atoms with Crippen LogP contribution in [0.25, 0.3) is 10.9 Å². The van der Waals surface area contributed by atoms with E-state index in [0.29, 0.717) is 13.0 Å². The molecule has 23 heavy (non-hydrogen) atoms. The second-order valence-corrected chi connectivity index (χ2v) is 5.32. The van der Waals surface area contributed by atoms with Gasteiger partial charge in [0.1, 0.15) is 12.4 Å². The van der Waals surface area contributed by atoms with Crippen LogP contribution in [0.15, 0.2) is 60.8 Å². The zero-order valence-corrected chi connectivity index (χ0v) is 12.6. The number of hydrogen-bond donors (Lipinski definition) is 1. The summed E-state index contributed by atoms with van der Waals surface area (Å²) in [6, 6.07) is 17.5. The van der Waals surface area contributed by atoms with E-state index in [2.05, 4.69) is 4.98 Å². The lowest BCUT2D eigenvalue weighted by atomic mass is 10.1. The topological polar surface area (TPSA) is 59.4 Å². The molecule has 2 aromatic carbocycles. The van der Waals surface area contributed by atoms with E-state index >= 15 is 0 Å².